The molecule has 0 aromatic rings. The lowest BCUT2D eigenvalue weighted by Crippen LogP contribution is -2.07. The maximum Gasteiger partial charge on any atom is 0.702 e. The Kier molecular flexibility index (Phi) is 3.63. The molecule has 0 radical (unpaired) electrons. The first-order valence-corrected chi connectivity index (χ1v) is 5.63. The minimum atomic E-state index is -3.02. The number of nitrogens with zero attached hydrogens (tertiary/aromatic N) is 1. The third-order valence-electron chi connectivity index (χ3n) is 0.948. The van der Waals surface area contributed by atoms with Gasteiger partial charge < -0.3 is 0 Å². The van der Waals surface area contributed by atoms with Crippen LogP contribution >= 0.6 is 15.8 Å². The first-order chi connectivity index (χ1) is 4.36. The van der Waals surface area contributed by atoms with E-state index in [0.717, 1.165) is 0 Å². The van der Waals surface area contributed by atoms with Crippen LogP contribution in [0, 0.1) is 0 Å². The number of rotatable bonds is 3. The van der Waals surface area contributed by atoms with Gasteiger partial charge in [0.2, 0.25) is 0 Å². The second-order valence-electron chi connectivity index (χ2n) is 1.97. The molecule has 0 aliphatic heterocycles. The average Bonchev–Trinajstić information content (AvgIpc) is 1.60. The van der Waals surface area contributed by atoms with Crippen LogP contribution in [-0.4, -0.2) is 30.3 Å². The van der Waals surface area contributed by atoms with Gasteiger partial charge in [0.05, 0.1) is 0 Å². The molecule has 10 heavy (non-hydrogen) atoms. The van der Waals surface area contributed by atoms with Gasteiger partial charge in [-0.15, -0.1) is 4.89 Å². The van der Waals surface area contributed by atoms with Gasteiger partial charge in [0.1, 0.15) is 0 Å². The maximum absolute atomic E-state index is 11.1. The molecule has 0 aliphatic carbocycles. The van der Waals surface area contributed by atoms with Gasteiger partial charge in [-0.1, -0.05) is 0 Å². The average molecular weight is 186 g/mol. The smallest absolute Gasteiger partial charge is 0.270 e. The standard InChI is InChI=1S/C3H9NO4P2/c1-4(2)10(3,7)8-9(5)6/h1-3H3/p+1. The van der Waals surface area contributed by atoms with Gasteiger partial charge >= 0.3 is 15.8 Å². The molecule has 7 heteroatoms. The molecule has 0 rings (SSSR count). The minimum Gasteiger partial charge on any atom is -0.270 e. The van der Waals surface area contributed by atoms with Crippen molar-refractivity contribution < 1.29 is 18.3 Å². The third-order valence-corrected chi connectivity index (χ3v) is 4.17. The summed E-state index contributed by atoms with van der Waals surface area (Å²) >= 11 is 0. The van der Waals surface area contributed by atoms with Crippen LogP contribution in [0.15, 0.2) is 0 Å². The van der Waals surface area contributed by atoms with Crippen molar-refractivity contribution in [2.24, 2.45) is 0 Å². The predicted molar refractivity (Wildman–Crippen MR) is 38.1 cm³/mol. The summed E-state index contributed by atoms with van der Waals surface area (Å²) < 4.78 is 26.7. The van der Waals surface area contributed by atoms with Gasteiger partial charge in [0, 0.05) is 11.2 Å². The number of hydrogen-bond acceptors (Lipinski definition) is 3. The van der Waals surface area contributed by atoms with Gasteiger partial charge in [0.25, 0.3) is 0 Å². The molecule has 0 amide bonds. The van der Waals surface area contributed by atoms with E-state index in [2.05, 4.69) is 4.31 Å². The summed E-state index contributed by atoms with van der Waals surface area (Å²) in [6.07, 6.45) is 0. The van der Waals surface area contributed by atoms with Crippen LogP contribution in [0.1, 0.15) is 0 Å². The highest BCUT2D eigenvalue weighted by Gasteiger charge is 2.31. The SMILES string of the molecule is CN(C)P(C)(=O)O[P+](=O)O. The van der Waals surface area contributed by atoms with E-state index in [1.165, 1.54) is 25.4 Å². The summed E-state index contributed by atoms with van der Waals surface area (Å²) in [5.74, 6) is 0. The second kappa shape index (κ2) is 3.56. The molecule has 0 spiro atoms. The van der Waals surface area contributed by atoms with Crippen LogP contribution in [0.2, 0.25) is 0 Å². The fourth-order valence-corrected chi connectivity index (χ4v) is 1.82. The molecule has 0 fully saturated rings. The molecule has 60 valence electrons. The summed E-state index contributed by atoms with van der Waals surface area (Å²) in [7, 11) is -2.77. The zero-order valence-electron chi connectivity index (χ0n) is 6.01. The third kappa shape index (κ3) is 3.40. The van der Waals surface area contributed by atoms with E-state index in [1.54, 1.807) is 0 Å². The Morgan fingerprint density at radius 1 is 1.60 bits per heavy atom. The van der Waals surface area contributed by atoms with E-state index in [1.807, 2.05) is 0 Å². The van der Waals surface area contributed by atoms with E-state index < -0.39 is 15.8 Å². The topological polar surface area (TPSA) is 66.8 Å². The van der Waals surface area contributed by atoms with Crippen LogP contribution < -0.4 is 0 Å². The predicted octanol–water partition coefficient (Wildman–Crippen LogP) is 1.04. The van der Waals surface area contributed by atoms with Crippen molar-refractivity contribution in [2.45, 2.75) is 0 Å². The van der Waals surface area contributed by atoms with Gasteiger partial charge in [-0.3, -0.25) is 4.57 Å². The lowest BCUT2D eigenvalue weighted by atomic mass is 11.3. The molecule has 0 saturated heterocycles. The second-order valence-corrected chi connectivity index (χ2v) is 5.50. The van der Waals surface area contributed by atoms with Crippen molar-refractivity contribution in [1.82, 2.24) is 4.67 Å². The van der Waals surface area contributed by atoms with E-state index in [-0.39, 0.29) is 0 Å². The van der Waals surface area contributed by atoms with Gasteiger partial charge in [-0.05, 0) is 18.4 Å². The largest absolute Gasteiger partial charge is 0.702 e. The highest BCUT2D eigenvalue weighted by Crippen LogP contribution is 2.51. The highest BCUT2D eigenvalue weighted by atomic mass is 31.2. The fraction of sp³-hybridized carbons (Fsp3) is 1.00. The van der Waals surface area contributed by atoms with Crippen molar-refractivity contribution in [3.05, 3.63) is 0 Å². The Balaban J connectivity index is 4.14. The molecule has 0 aromatic carbocycles. The zero-order chi connectivity index (χ0) is 8.36. The van der Waals surface area contributed by atoms with Crippen molar-refractivity contribution in [2.75, 3.05) is 20.8 Å². The maximum atomic E-state index is 11.1. The first-order valence-electron chi connectivity index (χ1n) is 2.47. The van der Waals surface area contributed by atoms with Gasteiger partial charge in [0.15, 0.2) is 0 Å². The molecule has 2 atom stereocenters. The number of hydrogen-bond donors (Lipinski definition) is 1. The highest BCUT2D eigenvalue weighted by molar-refractivity contribution is 7.61. The molecule has 0 aromatic heterocycles. The van der Waals surface area contributed by atoms with Crippen LogP contribution in [-0.2, 0) is 13.4 Å². The Morgan fingerprint density at radius 2 is 2.00 bits per heavy atom. The Bertz CT molecular complexity index is 179. The van der Waals surface area contributed by atoms with Crippen molar-refractivity contribution in [1.29, 1.82) is 0 Å². The molecule has 0 heterocycles. The summed E-state index contributed by atoms with van der Waals surface area (Å²) in [5.41, 5.74) is 0. The van der Waals surface area contributed by atoms with Crippen LogP contribution in [0.3, 0.4) is 0 Å². The van der Waals surface area contributed by atoms with Crippen LogP contribution in [0.5, 0.6) is 0 Å². The summed E-state index contributed by atoms with van der Waals surface area (Å²) in [4.78, 5) is 8.23. The van der Waals surface area contributed by atoms with E-state index in [4.69, 9.17) is 4.89 Å². The molecule has 0 bridgehead atoms. The zero-order valence-corrected chi connectivity index (χ0v) is 7.80. The normalized spacial score (nSPS) is 18.7. The van der Waals surface area contributed by atoms with Crippen molar-refractivity contribution in [3.63, 3.8) is 0 Å². The van der Waals surface area contributed by atoms with Crippen LogP contribution in [0.4, 0.5) is 0 Å². The Labute approximate surface area is 60.4 Å². The van der Waals surface area contributed by atoms with E-state index in [0.29, 0.717) is 0 Å². The van der Waals surface area contributed by atoms with E-state index in [9.17, 15) is 9.13 Å². The monoisotopic (exact) mass is 186 g/mol. The molecule has 5 nitrogen and oxygen atoms in total. The lowest BCUT2D eigenvalue weighted by Gasteiger charge is -2.11. The summed E-state index contributed by atoms with van der Waals surface area (Å²) in [6, 6.07) is 0. The lowest BCUT2D eigenvalue weighted by molar-refractivity contribution is 0.377. The molecule has 0 aliphatic rings. The minimum absolute atomic E-state index is 1.27. The quantitative estimate of drug-likeness (QED) is 0.667. The van der Waals surface area contributed by atoms with Crippen LogP contribution in [0.25, 0.3) is 0 Å². The first kappa shape index (κ1) is 10.2. The molecular formula is C3H10NO4P2+. The summed E-state index contributed by atoms with van der Waals surface area (Å²) in [5, 5.41) is 0. The molecule has 0 saturated carbocycles. The van der Waals surface area contributed by atoms with Crippen molar-refractivity contribution in [3.8, 4) is 0 Å². The fourth-order valence-electron chi connectivity index (χ4n) is 0.203. The Hall–Kier alpha value is 0.210. The Morgan fingerprint density at radius 3 is 2.10 bits per heavy atom. The molecular weight excluding hydrogens is 176 g/mol. The van der Waals surface area contributed by atoms with Gasteiger partial charge in [-0.25, -0.2) is 4.67 Å². The van der Waals surface area contributed by atoms with Crippen molar-refractivity contribution >= 4 is 15.8 Å². The van der Waals surface area contributed by atoms with Gasteiger partial charge in [-0.2, -0.15) is 0 Å². The molecule has 1 N–H and O–H groups in total. The molecule has 2 unspecified atom stereocenters. The summed E-state index contributed by atoms with van der Waals surface area (Å²) in [6.45, 7) is 1.27. The van der Waals surface area contributed by atoms with E-state index >= 15 is 0 Å².